The van der Waals surface area contributed by atoms with Gasteiger partial charge in [-0.1, -0.05) is 13.8 Å². The summed E-state index contributed by atoms with van der Waals surface area (Å²) in [6.45, 7) is 6.24. The van der Waals surface area contributed by atoms with Crippen LogP contribution in [0.25, 0.3) is 0 Å². The van der Waals surface area contributed by atoms with Crippen molar-refractivity contribution in [2.45, 2.75) is 46.1 Å². The van der Waals surface area contributed by atoms with Gasteiger partial charge >= 0.3 is 0 Å². The first kappa shape index (κ1) is 14.5. The molecule has 1 amide bonds. The van der Waals surface area contributed by atoms with E-state index in [2.05, 4.69) is 18.3 Å². The van der Waals surface area contributed by atoms with E-state index in [1.165, 1.54) is 16.9 Å². The standard InChI is InChI=1S/C15H23NO2S/c1-9-4-5-13-12(6-9)7-14(19-13)15(18)16-11(3)10(2)8-17/h7,9-11,17H,4-6,8H2,1-3H3,(H,16,18). The van der Waals surface area contributed by atoms with Gasteiger partial charge in [0.05, 0.1) is 4.88 Å². The molecule has 0 spiro atoms. The molecule has 2 rings (SSSR count). The fourth-order valence-electron chi connectivity index (χ4n) is 2.40. The molecule has 3 atom stereocenters. The molecule has 1 aromatic rings. The fourth-order valence-corrected chi connectivity index (χ4v) is 3.51. The molecule has 0 bridgehead atoms. The van der Waals surface area contributed by atoms with E-state index in [9.17, 15) is 4.79 Å². The number of carbonyl (C=O) groups is 1. The minimum atomic E-state index is -0.00412. The van der Waals surface area contributed by atoms with Gasteiger partial charge in [0.2, 0.25) is 0 Å². The van der Waals surface area contributed by atoms with Crippen LogP contribution in [-0.2, 0) is 12.8 Å². The Balaban J connectivity index is 2.04. The fraction of sp³-hybridized carbons (Fsp3) is 0.667. The Kier molecular flexibility index (Phi) is 4.63. The third-order valence-electron chi connectivity index (χ3n) is 4.05. The van der Waals surface area contributed by atoms with Crippen LogP contribution >= 0.6 is 11.3 Å². The molecule has 0 saturated heterocycles. The van der Waals surface area contributed by atoms with Gasteiger partial charge in [0.25, 0.3) is 5.91 Å². The van der Waals surface area contributed by atoms with Gasteiger partial charge in [0.1, 0.15) is 0 Å². The van der Waals surface area contributed by atoms with Crippen LogP contribution in [0.2, 0.25) is 0 Å². The molecule has 0 saturated carbocycles. The molecule has 4 heteroatoms. The normalized spacial score (nSPS) is 21.6. The van der Waals surface area contributed by atoms with Crippen molar-refractivity contribution in [3.8, 4) is 0 Å². The van der Waals surface area contributed by atoms with Crippen molar-refractivity contribution < 1.29 is 9.90 Å². The highest BCUT2D eigenvalue weighted by Gasteiger charge is 2.22. The summed E-state index contributed by atoms with van der Waals surface area (Å²) in [5.41, 5.74) is 1.36. The van der Waals surface area contributed by atoms with E-state index < -0.39 is 0 Å². The number of fused-ring (bicyclic) bond motifs is 1. The quantitative estimate of drug-likeness (QED) is 0.891. The molecule has 1 aliphatic rings. The first-order chi connectivity index (χ1) is 9.01. The van der Waals surface area contributed by atoms with Crippen LogP contribution in [0.3, 0.4) is 0 Å². The lowest BCUT2D eigenvalue weighted by atomic mass is 9.90. The van der Waals surface area contributed by atoms with Crippen LogP contribution in [0.1, 0.15) is 47.3 Å². The Bertz CT molecular complexity index is 455. The minimum absolute atomic E-state index is 0.000136. The van der Waals surface area contributed by atoms with Crippen molar-refractivity contribution in [3.63, 3.8) is 0 Å². The van der Waals surface area contributed by atoms with Gasteiger partial charge < -0.3 is 10.4 Å². The van der Waals surface area contributed by atoms with Crippen molar-refractivity contribution in [3.05, 3.63) is 21.4 Å². The maximum Gasteiger partial charge on any atom is 0.261 e. The lowest BCUT2D eigenvalue weighted by Gasteiger charge is -2.18. The number of aliphatic hydroxyl groups excluding tert-OH is 1. The topological polar surface area (TPSA) is 49.3 Å². The Morgan fingerprint density at radius 2 is 2.32 bits per heavy atom. The van der Waals surface area contributed by atoms with E-state index >= 15 is 0 Å². The van der Waals surface area contributed by atoms with E-state index in [1.54, 1.807) is 11.3 Å². The Labute approximate surface area is 119 Å². The molecule has 0 fully saturated rings. The Hall–Kier alpha value is -0.870. The second-order valence-corrected chi connectivity index (χ2v) is 6.97. The van der Waals surface area contributed by atoms with Gasteiger partial charge in [-0.2, -0.15) is 0 Å². The number of thiophene rings is 1. The molecule has 0 aliphatic heterocycles. The summed E-state index contributed by atoms with van der Waals surface area (Å²) >= 11 is 1.63. The molecule has 2 N–H and O–H groups in total. The number of nitrogens with one attached hydrogen (secondary N) is 1. The van der Waals surface area contributed by atoms with E-state index in [4.69, 9.17) is 5.11 Å². The third-order valence-corrected chi connectivity index (χ3v) is 5.29. The van der Waals surface area contributed by atoms with Gasteiger partial charge in [-0.05, 0) is 49.7 Å². The smallest absolute Gasteiger partial charge is 0.261 e. The number of hydrogen-bond donors (Lipinski definition) is 2. The largest absolute Gasteiger partial charge is 0.396 e. The van der Waals surface area contributed by atoms with Crippen LogP contribution in [0.15, 0.2) is 6.07 Å². The van der Waals surface area contributed by atoms with Crippen molar-refractivity contribution >= 4 is 17.2 Å². The zero-order chi connectivity index (χ0) is 14.0. The van der Waals surface area contributed by atoms with Crippen molar-refractivity contribution in [1.82, 2.24) is 5.32 Å². The number of amides is 1. The number of rotatable bonds is 4. The van der Waals surface area contributed by atoms with Crippen LogP contribution < -0.4 is 5.32 Å². The van der Waals surface area contributed by atoms with Crippen molar-refractivity contribution in [1.29, 1.82) is 0 Å². The number of hydrogen-bond acceptors (Lipinski definition) is 3. The van der Waals surface area contributed by atoms with Gasteiger partial charge in [-0.15, -0.1) is 11.3 Å². The van der Waals surface area contributed by atoms with Crippen LogP contribution in [0, 0.1) is 11.8 Å². The molecule has 1 aliphatic carbocycles. The molecule has 3 nitrogen and oxygen atoms in total. The summed E-state index contributed by atoms with van der Waals surface area (Å²) in [5, 5.41) is 12.1. The highest BCUT2D eigenvalue weighted by atomic mass is 32.1. The maximum atomic E-state index is 12.2. The monoisotopic (exact) mass is 281 g/mol. The maximum absolute atomic E-state index is 12.2. The van der Waals surface area contributed by atoms with E-state index in [0.29, 0.717) is 0 Å². The van der Waals surface area contributed by atoms with E-state index in [-0.39, 0.29) is 24.5 Å². The summed E-state index contributed by atoms with van der Waals surface area (Å²) in [5.74, 6) is 0.810. The predicted octanol–water partition coefficient (Wildman–Crippen LogP) is 2.62. The van der Waals surface area contributed by atoms with Gasteiger partial charge in [-0.25, -0.2) is 0 Å². The average molecular weight is 281 g/mol. The number of carbonyl (C=O) groups excluding carboxylic acids is 1. The highest BCUT2D eigenvalue weighted by Crippen LogP contribution is 2.32. The van der Waals surface area contributed by atoms with Crippen LogP contribution in [0.5, 0.6) is 0 Å². The minimum Gasteiger partial charge on any atom is -0.396 e. The summed E-state index contributed by atoms with van der Waals surface area (Å²) in [6, 6.07) is 2.05. The molecule has 19 heavy (non-hydrogen) atoms. The second-order valence-electron chi connectivity index (χ2n) is 5.83. The zero-order valence-corrected chi connectivity index (χ0v) is 12.7. The molecule has 1 aromatic heterocycles. The first-order valence-electron chi connectivity index (χ1n) is 7.04. The lowest BCUT2D eigenvalue weighted by Crippen LogP contribution is -2.38. The predicted molar refractivity (Wildman–Crippen MR) is 78.7 cm³/mol. The third kappa shape index (κ3) is 3.37. The molecular formula is C15H23NO2S. The summed E-state index contributed by atoms with van der Waals surface area (Å²) in [7, 11) is 0. The van der Waals surface area contributed by atoms with Gasteiger partial charge in [-0.3, -0.25) is 4.79 Å². The first-order valence-corrected chi connectivity index (χ1v) is 7.86. The molecule has 3 unspecified atom stereocenters. The number of aliphatic hydroxyl groups is 1. The molecule has 0 radical (unpaired) electrons. The average Bonchev–Trinajstić information content (AvgIpc) is 2.80. The van der Waals surface area contributed by atoms with E-state index in [0.717, 1.165) is 23.6 Å². The highest BCUT2D eigenvalue weighted by molar-refractivity contribution is 7.14. The lowest BCUT2D eigenvalue weighted by molar-refractivity contribution is 0.0920. The number of aryl methyl sites for hydroxylation is 1. The van der Waals surface area contributed by atoms with Crippen molar-refractivity contribution in [2.24, 2.45) is 11.8 Å². The second kappa shape index (κ2) is 6.06. The van der Waals surface area contributed by atoms with Gasteiger partial charge in [0, 0.05) is 17.5 Å². The summed E-state index contributed by atoms with van der Waals surface area (Å²) < 4.78 is 0. The SMILES string of the molecule is CC1CCc2sc(C(=O)NC(C)C(C)CO)cc2C1. The zero-order valence-electron chi connectivity index (χ0n) is 11.9. The molecule has 106 valence electrons. The van der Waals surface area contributed by atoms with E-state index in [1.807, 2.05) is 13.8 Å². The Morgan fingerprint density at radius 1 is 1.58 bits per heavy atom. The van der Waals surface area contributed by atoms with Crippen molar-refractivity contribution in [2.75, 3.05) is 6.61 Å². The summed E-state index contributed by atoms with van der Waals surface area (Å²) in [4.78, 5) is 14.4. The molecule has 1 heterocycles. The molecular weight excluding hydrogens is 258 g/mol. The van der Waals surface area contributed by atoms with Gasteiger partial charge in [0.15, 0.2) is 0 Å². The van der Waals surface area contributed by atoms with Crippen LogP contribution in [-0.4, -0.2) is 23.7 Å². The molecule has 0 aromatic carbocycles. The summed E-state index contributed by atoms with van der Waals surface area (Å²) in [6.07, 6.45) is 3.44. The van der Waals surface area contributed by atoms with Crippen LogP contribution in [0.4, 0.5) is 0 Å². The Morgan fingerprint density at radius 3 is 3.00 bits per heavy atom.